The maximum absolute atomic E-state index is 13.2. The number of benzene rings is 2. The van der Waals surface area contributed by atoms with E-state index in [1.54, 1.807) is 12.1 Å². The van der Waals surface area contributed by atoms with E-state index in [1.165, 1.54) is 36.3 Å². The van der Waals surface area contributed by atoms with Crippen LogP contribution in [0.1, 0.15) is 61.4 Å². The zero-order chi connectivity index (χ0) is 27.7. The van der Waals surface area contributed by atoms with E-state index in [1.807, 2.05) is 0 Å². The monoisotopic (exact) mass is 549 g/mol. The maximum atomic E-state index is 13.2. The van der Waals surface area contributed by atoms with Crippen LogP contribution in [0.3, 0.4) is 0 Å². The summed E-state index contributed by atoms with van der Waals surface area (Å²) in [6.07, 6.45) is 0.192. The summed E-state index contributed by atoms with van der Waals surface area (Å²) < 4.78 is 44.3. The minimum atomic E-state index is -4.53. The number of methoxy groups -OCH3 is 1. The normalized spacial score (nSPS) is 17.0. The van der Waals surface area contributed by atoms with E-state index in [9.17, 15) is 27.6 Å². The largest absolute Gasteiger partial charge is 0.465 e. The highest BCUT2D eigenvalue weighted by atomic mass is 32.2. The molecule has 0 bridgehead atoms. The summed E-state index contributed by atoms with van der Waals surface area (Å²) in [5, 5.41) is 2.09. The van der Waals surface area contributed by atoms with Crippen LogP contribution in [0, 0.1) is 0 Å². The highest BCUT2D eigenvalue weighted by Gasteiger charge is 2.36. The van der Waals surface area contributed by atoms with Crippen LogP contribution in [-0.4, -0.2) is 46.8 Å². The number of amidine groups is 1. The lowest BCUT2D eigenvalue weighted by molar-refractivity contribution is -0.137. The summed E-state index contributed by atoms with van der Waals surface area (Å²) in [5.74, 6) is -1.28. The SMILES string of the molecule is CCCCCCCN1C(=O)CC(C(=O)Nc2ccc(C(=O)OC)cc2)SC1=Nc1cccc(C(F)(F)F)c1. The van der Waals surface area contributed by atoms with Crippen LogP contribution in [0.25, 0.3) is 0 Å². The minimum Gasteiger partial charge on any atom is -0.465 e. The summed E-state index contributed by atoms with van der Waals surface area (Å²) in [6, 6.07) is 10.6. The smallest absolute Gasteiger partial charge is 0.416 e. The van der Waals surface area contributed by atoms with Crippen LogP contribution in [0.15, 0.2) is 53.5 Å². The van der Waals surface area contributed by atoms with Crippen LogP contribution < -0.4 is 5.32 Å². The second-order valence-electron chi connectivity index (χ2n) is 8.77. The van der Waals surface area contributed by atoms with Gasteiger partial charge in [0.25, 0.3) is 0 Å². The fraction of sp³-hybridized carbons (Fsp3) is 0.407. The van der Waals surface area contributed by atoms with Crippen molar-refractivity contribution in [2.24, 2.45) is 4.99 Å². The van der Waals surface area contributed by atoms with Crippen LogP contribution in [0.2, 0.25) is 0 Å². The van der Waals surface area contributed by atoms with Crippen molar-refractivity contribution >= 4 is 46.1 Å². The molecule has 204 valence electrons. The average molecular weight is 550 g/mol. The molecular formula is C27H30F3N3O4S. The van der Waals surface area contributed by atoms with Gasteiger partial charge >= 0.3 is 12.1 Å². The number of esters is 1. The fourth-order valence-electron chi connectivity index (χ4n) is 3.83. The van der Waals surface area contributed by atoms with Crippen molar-refractivity contribution in [2.75, 3.05) is 19.0 Å². The Bertz CT molecular complexity index is 1170. The van der Waals surface area contributed by atoms with Gasteiger partial charge in [-0.2, -0.15) is 13.2 Å². The highest BCUT2D eigenvalue weighted by molar-refractivity contribution is 8.15. The molecule has 0 aliphatic carbocycles. The number of hydrogen-bond acceptors (Lipinski definition) is 6. The number of hydrogen-bond donors (Lipinski definition) is 1. The quantitative estimate of drug-likeness (QED) is 0.273. The molecule has 1 saturated heterocycles. The number of ether oxygens (including phenoxy) is 1. The Labute approximate surface area is 223 Å². The molecule has 0 saturated carbocycles. The Morgan fingerprint density at radius 1 is 1.11 bits per heavy atom. The molecule has 1 heterocycles. The molecule has 1 aliphatic rings. The van der Waals surface area contributed by atoms with Crippen LogP contribution in [0.5, 0.6) is 0 Å². The van der Waals surface area contributed by atoms with E-state index in [0.717, 1.165) is 56.0 Å². The molecule has 0 radical (unpaired) electrons. The molecule has 11 heteroatoms. The molecule has 2 amide bonds. The Morgan fingerprint density at radius 3 is 2.47 bits per heavy atom. The van der Waals surface area contributed by atoms with Gasteiger partial charge in [0.15, 0.2) is 5.17 Å². The molecule has 2 aromatic rings. The molecule has 1 fully saturated rings. The number of nitrogens with one attached hydrogen (secondary N) is 1. The molecule has 0 aromatic heterocycles. The molecule has 0 spiro atoms. The first-order valence-electron chi connectivity index (χ1n) is 12.3. The lowest BCUT2D eigenvalue weighted by atomic mass is 10.1. The number of nitrogens with zero attached hydrogens (tertiary/aromatic N) is 2. The van der Waals surface area contributed by atoms with Crippen molar-refractivity contribution in [3.05, 3.63) is 59.7 Å². The number of unbranched alkanes of at least 4 members (excludes halogenated alkanes) is 4. The second kappa shape index (κ2) is 13.5. The number of rotatable bonds is 10. The van der Waals surface area contributed by atoms with Crippen molar-refractivity contribution < 1.29 is 32.3 Å². The van der Waals surface area contributed by atoms with E-state index in [4.69, 9.17) is 0 Å². The van der Waals surface area contributed by atoms with Gasteiger partial charge < -0.3 is 10.1 Å². The topological polar surface area (TPSA) is 88.1 Å². The maximum Gasteiger partial charge on any atom is 0.416 e. The van der Waals surface area contributed by atoms with E-state index < -0.39 is 28.9 Å². The van der Waals surface area contributed by atoms with Crippen LogP contribution in [-0.2, 0) is 20.5 Å². The molecule has 38 heavy (non-hydrogen) atoms. The fourth-order valence-corrected chi connectivity index (χ4v) is 4.95. The first kappa shape index (κ1) is 29.2. The Balaban J connectivity index is 1.80. The van der Waals surface area contributed by atoms with Gasteiger partial charge in [-0.1, -0.05) is 50.4 Å². The van der Waals surface area contributed by atoms with Crippen LogP contribution in [0.4, 0.5) is 24.5 Å². The van der Waals surface area contributed by atoms with E-state index in [0.29, 0.717) is 17.8 Å². The number of anilines is 1. The predicted octanol–water partition coefficient (Wildman–Crippen LogP) is 6.42. The summed E-state index contributed by atoms with van der Waals surface area (Å²) in [7, 11) is 1.27. The molecular weight excluding hydrogens is 519 g/mol. The lowest BCUT2D eigenvalue weighted by Crippen LogP contribution is -2.45. The van der Waals surface area contributed by atoms with Gasteiger partial charge in [0.2, 0.25) is 11.8 Å². The molecule has 2 aromatic carbocycles. The number of alkyl halides is 3. The van der Waals surface area contributed by atoms with Gasteiger partial charge in [-0.3, -0.25) is 14.5 Å². The molecule has 1 N–H and O–H groups in total. The van der Waals surface area contributed by atoms with Crippen molar-refractivity contribution in [1.82, 2.24) is 4.90 Å². The van der Waals surface area contributed by atoms with Gasteiger partial charge in [0.05, 0.1) is 23.9 Å². The third-order valence-electron chi connectivity index (χ3n) is 5.89. The Hall–Kier alpha value is -3.34. The molecule has 3 rings (SSSR count). The Morgan fingerprint density at radius 2 is 1.82 bits per heavy atom. The van der Waals surface area contributed by atoms with Crippen molar-refractivity contribution in [1.29, 1.82) is 0 Å². The average Bonchev–Trinajstić information content (AvgIpc) is 2.89. The number of aliphatic imine (C=N–C) groups is 1. The summed E-state index contributed by atoms with van der Waals surface area (Å²) in [6.45, 7) is 2.47. The Kier molecular flexibility index (Phi) is 10.3. The van der Waals surface area contributed by atoms with Gasteiger partial charge in [-0.05, 0) is 48.9 Å². The summed E-state index contributed by atoms with van der Waals surface area (Å²) >= 11 is 1.05. The summed E-state index contributed by atoms with van der Waals surface area (Å²) in [5.41, 5.74) is -0.0592. The molecule has 1 atom stereocenters. The third kappa shape index (κ3) is 8.08. The van der Waals surface area contributed by atoms with Gasteiger partial charge in [0, 0.05) is 18.7 Å². The van der Waals surface area contributed by atoms with Crippen LogP contribution >= 0.6 is 11.8 Å². The molecule has 1 aliphatic heterocycles. The minimum absolute atomic E-state index is 0.0468. The first-order valence-corrected chi connectivity index (χ1v) is 13.2. The van der Waals surface area contributed by atoms with E-state index >= 15 is 0 Å². The highest BCUT2D eigenvalue weighted by Crippen LogP contribution is 2.34. The van der Waals surface area contributed by atoms with E-state index in [2.05, 4.69) is 22.0 Å². The summed E-state index contributed by atoms with van der Waals surface area (Å²) in [4.78, 5) is 43.5. The molecule has 1 unspecified atom stereocenters. The molecule has 7 nitrogen and oxygen atoms in total. The number of thioether (sulfide) groups is 1. The zero-order valence-corrected chi connectivity index (χ0v) is 22.0. The van der Waals surface area contributed by atoms with Crippen molar-refractivity contribution in [3.63, 3.8) is 0 Å². The lowest BCUT2D eigenvalue weighted by Gasteiger charge is -2.32. The van der Waals surface area contributed by atoms with Crippen molar-refractivity contribution in [3.8, 4) is 0 Å². The third-order valence-corrected chi connectivity index (χ3v) is 7.08. The van der Waals surface area contributed by atoms with Gasteiger partial charge in [-0.25, -0.2) is 9.79 Å². The van der Waals surface area contributed by atoms with Gasteiger partial charge in [-0.15, -0.1) is 0 Å². The van der Waals surface area contributed by atoms with E-state index in [-0.39, 0.29) is 23.2 Å². The predicted molar refractivity (Wildman–Crippen MR) is 141 cm³/mol. The number of halogens is 3. The van der Waals surface area contributed by atoms with Crippen molar-refractivity contribution in [2.45, 2.75) is 56.9 Å². The number of carbonyl (C=O) groups excluding carboxylic acids is 3. The van der Waals surface area contributed by atoms with Gasteiger partial charge in [0.1, 0.15) is 5.25 Å². The second-order valence-corrected chi connectivity index (χ2v) is 9.94. The first-order chi connectivity index (χ1) is 18.1. The zero-order valence-electron chi connectivity index (χ0n) is 21.2. The number of amides is 2. The number of carbonyl (C=O) groups is 3. The standard InChI is InChI=1S/C27H30F3N3O4S/c1-3-4-5-6-7-15-33-23(34)17-22(24(35)31-20-13-11-18(12-14-20)25(36)37-2)38-26(33)32-21-10-8-9-19(16-21)27(28,29)30/h8-14,16,22H,3-7,15,17H2,1-2H3,(H,31,35).